The van der Waals surface area contributed by atoms with Gasteiger partial charge in [-0.15, -0.1) is 0 Å². The molecule has 0 aromatic rings. The van der Waals surface area contributed by atoms with E-state index in [0.29, 0.717) is 0 Å². The fourth-order valence-corrected chi connectivity index (χ4v) is 0.529. The van der Waals surface area contributed by atoms with Crippen molar-refractivity contribution in [1.29, 1.82) is 0 Å². The molecule has 0 fully saturated rings. The molecule has 0 radical (unpaired) electrons. The fourth-order valence-electron chi connectivity index (χ4n) is 0.529. The van der Waals surface area contributed by atoms with Crippen LogP contribution in [0.15, 0.2) is 11.9 Å². The van der Waals surface area contributed by atoms with Crippen molar-refractivity contribution in [3.05, 3.63) is 11.9 Å². The number of halogens is 4. The van der Waals surface area contributed by atoms with Crippen molar-refractivity contribution in [2.45, 2.75) is 32.5 Å². The van der Waals surface area contributed by atoms with E-state index in [-0.39, 0.29) is 0 Å². The zero-order valence-corrected chi connectivity index (χ0v) is 7.91. The summed E-state index contributed by atoms with van der Waals surface area (Å²) in [7, 11) is 0. The Balaban J connectivity index is 4.50. The number of esters is 1. The quantitative estimate of drug-likeness (QED) is 0.381. The standard InChI is InChI=1S/C8H10F4O2/c1-7(2,3)14-6(13)5(9)4-8(10,11)12/h4H,1-3H3. The molecule has 2 nitrogen and oxygen atoms in total. The Labute approximate surface area is 78.5 Å². The van der Waals surface area contributed by atoms with E-state index in [9.17, 15) is 22.4 Å². The third-order valence-electron chi connectivity index (χ3n) is 0.884. The number of carbonyl (C=O) groups is 1. The first-order valence-corrected chi connectivity index (χ1v) is 3.70. The van der Waals surface area contributed by atoms with Crippen LogP contribution >= 0.6 is 0 Å². The molecule has 0 heterocycles. The maximum absolute atomic E-state index is 12.5. The van der Waals surface area contributed by atoms with Gasteiger partial charge in [0.2, 0.25) is 5.83 Å². The lowest BCUT2D eigenvalue weighted by molar-refractivity contribution is -0.152. The molecule has 0 amide bonds. The van der Waals surface area contributed by atoms with Crippen LogP contribution in [0.4, 0.5) is 17.6 Å². The van der Waals surface area contributed by atoms with Gasteiger partial charge in [0.1, 0.15) is 5.60 Å². The number of alkyl halides is 3. The lowest BCUT2D eigenvalue weighted by Crippen LogP contribution is -2.24. The van der Waals surface area contributed by atoms with Gasteiger partial charge in [-0.2, -0.15) is 17.6 Å². The summed E-state index contributed by atoms with van der Waals surface area (Å²) >= 11 is 0. The van der Waals surface area contributed by atoms with Gasteiger partial charge < -0.3 is 4.74 Å². The van der Waals surface area contributed by atoms with Gasteiger partial charge in [0.15, 0.2) is 0 Å². The number of ether oxygens (including phenoxy) is 1. The minimum absolute atomic E-state index is 0.735. The topological polar surface area (TPSA) is 26.3 Å². The van der Waals surface area contributed by atoms with Crippen LogP contribution in [0.3, 0.4) is 0 Å². The van der Waals surface area contributed by atoms with Crippen molar-refractivity contribution in [3.8, 4) is 0 Å². The van der Waals surface area contributed by atoms with E-state index in [1.165, 1.54) is 20.8 Å². The van der Waals surface area contributed by atoms with E-state index in [4.69, 9.17) is 0 Å². The molecule has 0 aliphatic heterocycles. The molecule has 0 aromatic carbocycles. The van der Waals surface area contributed by atoms with Crippen molar-refractivity contribution in [1.82, 2.24) is 0 Å². The molecule has 0 unspecified atom stereocenters. The van der Waals surface area contributed by atoms with Crippen molar-refractivity contribution in [2.24, 2.45) is 0 Å². The van der Waals surface area contributed by atoms with Crippen molar-refractivity contribution in [3.63, 3.8) is 0 Å². The number of carbonyl (C=O) groups excluding carboxylic acids is 1. The van der Waals surface area contributed by atoms with E-state index in [1.807, 2.05) is 0 Å². The van der Waals surface area contributed by atoms with Crippen LogP contribution in [-0.4, -0.2) is 17.7 Å². The zero-order valence-electron chi connectivity index (χ0n) is 7.91. The number of hydrogen-bond donors (Lipinski definition) is 0. The normalized spacial score (nSPS) is 14.1. The molecule has 0 aromatic heterocycles. The van der Waals surface area contributed by atoms with E-state index in [2.05, 4.69) is 4.74 Å². The molecule has 0 saturated carbocycles. The predicted molar refractivity (Wildman–Crippen MR) is 41.1 cm³/mol. The van der Waals surface area contributed by atoms with Gasteiger partial charge in [0, 0.05) is 0 Å². The summed E-state index contributed by atoms with van der Waals surface area (Å²) in [6.45, 7) is 4.27. The molecule has 82 valence electrons. The fraction of sp³-hybridized carbons (Fsp3) is 0.625. The molecule has 0 aliphatic rings. The highest BCUT2D eigenvalue weighted by Crippen LogP contribution is 2.21. The largest absolute Gasteiger partial charge is 0.455 e. The second kappa shape index (κ2) is 3.98. The van der Waals surface area contributed by atoms with Gasteiger partial charge in [0.25, 0.3) is 0 Å². The van der Waals surface area contributed by atoms with Crippen LogP contribution in [0, 0.1) is 0 Å². The van der Waals surface area contributed by atoms with E-state index < -0.39 is 29.6 Å². The SMILES string of the molecule is CC(C)(C)OC(=O)C(F)=CC(F)(F)F. The summed E-state index contributed by atoms with van der Waals surface area (Å²) in [5.41, 5.74) is -1.02. The molecule has 14 heavy (non-hydrogen) atoms. The smallest absolute Gasteiger partial charge is 0.412 e. The molecule has 6 heteroatoms. The minimum Gasteiger partial charge on any atom is -0.455 e. The van der Waals surface area contributed by atoms with Gasteiger partial charge in [0.05, 0.1) is 6.08 Å². The monoisotopic (exact) mass is 214 g/mol. The molecule has 0 bridgehead atoms. The van der Waals surface area contributed by atoms with Crippen molar-refractivity contribution >= 4 is 5.97 Å². The van der Waals surface area contributed by atoms with Crippen LogP contribution in [0.5, 0.6) is 0 Å². The summed E-state index contributed by atoms with van der Waals surface area (Å²) < 4.78 is 51.6. The van der Waals surface area contributed by atoms with Gasteiger partial charge >= 0.3 is 12.1 Å². The van der Waals surface area contributed by atoms with Crippen LogP contribution in [-0.2, 0) is 9.53 Å². The predicted octanol–water partition coefficient (Wildman–Crippen LogP) is 2.74. The maximum atomic E-state index is 12.5. The average molecular weight is 214 g/mol. The van der Waals surface area contributed by atoms with E-state index >= 15 is 0 Å². The Hall–Kier alpha value is -1.07. The second-order valence-corrected chi connectivity index (χ2v) is 3.54. The summed E-state index contributed by atoms with van der Waals surface area (Å²) in [4.78, 5) is 10.7. The Bertz CT molecular complexity index is 247. The molecular weight excluding hydrogens is 204 g/mol. The highest BCUT2D eigenvalue weighted by atomic mass is 19.4. The lowest BCUT2D eigenvalue weighted by Gasteiger charge is -2.18. The van der Waals surface area contributed by atoms with Crippen molar-refractivity contribution in [2.75, 3.05) is 0 Å². The first-order valence-electron chi connectivity index (χ1n) is 3.70. The first-order chi connectivity index (χ1) is 6.01. The zero-order chi connectivity index (χ0) is 11.6. The lowest BCUT2D eigenvalue weighted by atomic mass is 10.2. The molecule has 0 rings (SSSR count). The minimum atomic E-state index is -4.86. The van der Waals surface area contributed by atoms with Crippen LogP contribution in [0.1, 0.15) is 20.8 Å². The van der Waals surface area contributed by atoms with Gasteiger partial charge in [-0.3, -0.25) is 0 Å². The molecule has 0 saturated heterocycles. The Morgan fingerprint density at radius 3 is 1.93 bits per heavy atom. The average Bonchev–Trinajstić information content (AvgIpc) is 1.78. The highest BCUT2D eigenvalue weighted by Gasteiger charge is 2.29. The Morgan fingerprint density at radius 1 is 1.21 bits per heavy atom. The first kappa shape index (κ1) is 12.9. The third kappa shape index (κ3) is 6.45. The van der Waals surface area contributed by atoms with Gasteiger partial charge in [-0.25, -0.2) is 4.79 Å². The second-order valence-electron chi connectivity index (χ2n) is 3.54. The Kier molecular flexibility index (Phi) is 3.67. The molecule has 0 N–H and O–H groups in total. The number of hydrogen-bond acceptors (Lipinski definition) is 2. The summed E-state index contributed by atoms with van der Waals surface area (Å²) in [6.07, 6.45) is -5.60. The van der Waals surface area contributed by atoms with Crippen LogP contribution in [0.2, 0.25) is 0 Å². The van der Waals surface area contributed by atoms with Crippen LogP contribution in [0.25, 0.3) is 0 Å². The van der Waals surface area contributed by atoms with E-state index in [1.54, 1.807) is 0 Å². The summed E-state index contributed by atoms with van der Waals surface area (Å²) in [5.74, 6) is -3.57. The van der Waals surface area contributed by atoms with Crippen molar-refractivity contribution < 1.29 is 27.1 Å². The molecule has 0 aliphatic carbocycles. The third-order valence-corrected chi connectivity index (χ3v) is 0.884. The number of allylic oxidation sites excluding steroid dienone is 1. The summed E-state index contributed by atoms with van der Waals surface area (Å²) in [6, 6.07) is 0. The number of rotatable bonds is 1. The molecular formula is C8H10F4O2. The summed E-state index contributed by atoms with van der Waals surface area (Å²) in [5, 5.41) is 0. The maximum Gasteiger partial charge on any atom is 0.412 e. The molecule has 0 atom stereocenters. The van der Waals surface area contributed by atoms with Crippen LogP contribution < -0.4 is 0 Å². The van der Waals surface area contributed by atoms with Gasteiger partial charge in [-0.1, -0.05) is 0 Å². The van der Waals surface area contributed by atoms with Gasteiger partial charge in [-0.05, 0) is 20.8 Å². The van der Waals surface area contributed by atoms with E-state index in [0.717, 1.165) is 0 Å². The Morgan fingerprint density at radius 2 is 1.64 bits per heavy atom. The molecule has 0 spiro atoms. The highest BCUT2D eigenvalue weighted by molar-refractivity contribution is 5.86.